The summed E-state index contributed by atoms with van der Waals surface area (Å²) in [5, 5.41) is 8.97. The van der Waals surface area contributed by atoms with Gasteiger partial charge in [0.1, 0.15) is 9.58 Å². The number of rotatable bonds is 3. The molecule has 9 heteroatoms. The van der Waals surface area contributed by atoms with Gasteiger partial charge in [-0.2, -0.15) is 0 Å². The molecule has 2 heterocycles. The standard InChI is InChI=1S/C13H14N2O4S3/c14-22(18,19)10-3-4-11-9(8-10)5-6-15-13(11)21(16,17)12-2-1-7-20-12/h1-4,7-8,13,15H,5-6H2,(H2,14,18,19). The maximum Gasteiger partial charge on any atom is 0.238 e. The first kappa shape index (κ1) is 15.6. The molecule has 2 aromatic rings. The minimum Gasteiger partial charge on any atom is -0.297 e. The zero-order chi connectivity index (χ0) is 16.0. The Kier molecular flexibility index (Phi) is 3.86. The van der Waals surface area contributed by atoms with Crippen molar-refractivity contribution in [2.45, 2.75) is 20.9 Å². The van der Waals surface area contributed by atoms with Crippen LogP contribution < -0.4 is 10.5 Å². The summed E-state index contributed by atoms with van der Waals surface area (Å²) >= 11 is 1.16. The molecule has 0 saturated carbocycles. The molecule has 1 aromatic carbocycles. The molecule has 6 nitrogen and oxygen atoms in total. The number of hydrogen-bond donors (Lipinski definition) is 2. The number of benzene rings is 1. The smallest absolute Gasteiger partial charge is 0.238 e. The van der Waals surface area contributed by atoms with Gasteiger partial charge in [0.2, 0.25) is 19.9 Å². The molecule has 1 aromatic heterocycles. The van der Waals surface area contributed by atoms with E-state index in [-0.39, 0.29) is 9.10 Å². The van der Waals surface area contributed by atoms with Crippen LogP contribution in [0.4, 0.5) is 0 Å². The lowest BCUT2D eigenvalue weighted by molar-refractivity contribution is 0.543. The molecule has 0 amide bonds. The average Bonchev–Trinajstić information content (AvgIpc) is 3.00. The summed E-state index contributed by atoms with van der Waals surface area (Å²) in [5.41, 5.74) is 1.27. The van der Waals surface area contributed by atoms with Crippen molar-refractivity contribution in [3.05, 3.63) is 46.8 Å². The highest BCUT2D eigenvalue weighted by Gasteiger charge is 2.33. The second-order valence-electron chi connectivity index (χ2n) is 4.97. The molecule has 22 heavy (non-hydrogen) atoms. The second-order valence-corrected chi connectivity index (χ2v) is 9.74. The van der Waals surface area contributed by atoms with E-state index in [4.69, 9.17) is 5.14 Å². The van der Waals surface area contributed by atoms with Crippen LogP contribution >= 0.6 is 11.3 Å². The van der Waals surface area contributed by atoms with Crippen LogP contribution in [-0.4, -0.2) is 23.4 Å². The first-order valence-corrected chi connectivity index (χ1v) is 10.4. The first-order chi connectivity index (χ1) is 10.3. The molecule has 0 fully saturated rings. The lowest BCUT2D eigenvalue weighted by atomic mass is 10.0. The first-order valence-electron chi connectivity index (χ1n) is 6.46. The summed E-state index contributed by atoms with van der Waals surface area (Å²) in [5.74, 6) is 0. The van der Waals surface area contributed by atoms with E-state index in [0.29, 0.717) is 24.1 Å². The van der Waals surface area contributed by atoms with Crippen LogP contribution in [-0.2, 0) is 26.3 Å². The van der Waals surface area contributed by atoms with E-state index < -0.39 is 25.2 Å². The third-order valence-electron chi connectivity index (χ3n) is 3.54. The van der Waals surface area contributed by atoms with Gasteiger partial charge >= 0.3 is 0 Å². The van der Waals surface area contributed by atoms with Crippen molar-refractivity contribution in [2.75, 3.05) is 6.54 Å². The van der Waals surface area contributed by atoms with Crippen LogP contribution in [0.3, 0.4) is 0 Å². The van der Waals surface area contributed by atoms with Crippen molar-refractivity contribution < 1.29 is 16.8 Å². The van der Waals surface area contributed by atoms with Crippen molar-refractivity contribution >= 4 is 31.2 Å². The quantitative estimate of drug-likeness (QED) is 0.852. The predicted octanol–water partition coefficient (Wildman–Crippen LogP) is 1.01. The van der Waals surface area contributed by atoms with Gasteiger partial charge in [0.05, 0.1) is 4.90 Å². The van der Waals surface area contributed by atoms with Gasteiger partial charge in [-0.1, -0.05) is 12.1 Å². The van der Waals surface area contributed by atoms with Crippen LogP contribution in [0.1, 0.15) is 16.5 Å². The molecule has 1 atom stereocenters. The molecular formula is C13H14N2O4S3. The number of primary sulfonamides is 1. The van der Waals surface area contributed by atoms with Gasteiger partial charge in [0.25, 0.3) is 0 Å². The molecule has 0 radical (unpaired) electrons. The lowest BCUT2D eigenvalue weighted by Gasteiger charge is -2.26. The maximum atomic E-state index is 12.7. The SMILES string of the molecule is NS(=O)(=O)c1ccc2c(c1)CCNC2S(=O)(=O)c1cccs1. The highest BCUT2D eigenvalue weighted by molar-refractivity contribution is 7.93. The number of nitrogens with two attached hydrogens (primary N) is 1. The highest BCUT2D eigenvalue weighted by Crippen LogP contribution is 2.34. The summed E-state index contributed by atoms with van der Waals surface area (Å²) in [6.07, 6.45) is 0.551. The zero-order valence-electron chi connectivity index (χ0n) is 11.4. The molecule has 3 rings (SSSR count). The van der Waals surface area contributed by atoms with Crippen molar-refractivity contribution in [2.24, 2.45) is 5.14 Å². The van der Waals surface area contributed by atoms with E-state index in [1.165, 1.54) is 18.2 Å². The minimum absolute atomic E-state index is 0.000390. The van der Waals surface area contributed by atoms with Gasteiger partial charge in [-0.15, -0.1) is 11.3 Å². The van der Waals surface area contributed by atoms with Crippen molar-refractivity contribution in [3.63, 3.8) is 0 Å². The van der Waals surface area contributed by atoms with Crippen LogP contribution in [0, 0.1) is 0 Å². The van der Waals surface area contributed by atoms with E-state index in [0.717, 1.165) is 11.3 Å². The van der Waals surface area contributed by atoms with Gasteiger partial charge in [-0.3, -0.25) is 5.32 Å². The summed E-state index contributed by atoms with van der Waals surface area (Å²) < 4.78 is 48.5. The van der Waals surface area contributed by atoms with Crippen LogP contribution in [0.15, 0.2) is 44.8 Å². The molecule has 0 saturated heterocycles. The van der Waals surface area contributed by atoms with Gasteiger partial charge in [-0.25, -0.2) is 22.0 Å². The molecule has 0 spiro atoms. The lowest BCUT2D eigenvalue weighted by Crippen LogP contribution is -2.35. The Labute approximate surface area is 132 Å². The average molecular weight is 358 g/mol. The third kappa shape index (κ3) is 2.70. The van der Waals surface area contributed by atoms with Crippen molar-refractivity contribution in [1.82, 2.24) is 5.32 Å². The molecular weight excluding hydrogens is 344 g/mol. The van der Waals surface area contributed by atoms with E-state index in [9.17, 15) is 16.8 Å². The fourth-order valence-corrected chi connectivity index (χ4v) is 5.90. The number of sulfone groups is 1. The Morgan fingerprint density at radius 3 is 2.59 bits per heavy atom. The molecule has 0 bridgehead atoms. The van der Waals surface area contributed by atoms with Crippen molar-refractivity contribution in [1.29, 1.82) is 0 Å². The fraction of sp³-hybridized carbons (Fsp3) is 0.231. The summed E-state index contributed by atoms with van der Waals surface area (Å²) in [6.45, 7) is 0.455. The summed E-state index contributed by atoms with van der Waals surface area (Å²) in [7, 11) is -7.35. The second kappa shape index (κ2) is 5.43. The number of nitrogens with one attached hydrogen (secondary N) is 1. The molecule has 1 aliphatic rings. The third-order valence-corrected chi connectivity index (χ3v) is 7.83. The van der Waals surface area contributed by atoms with Gasteiger partial charge in [0, 0.05) is 6.54 Å². The Morgan fingerprint density at radius 1 is 1.18 bits per heavy atom. The normalized spacial score (nSPS) is 18.9. The summed E-state index contributed by atoms with van der Waals surface area (Å²) in [6, 6.07) is 7.58. The topological polar surface area (TPSA) is 106 Å². The predicted molar refractivity (Wildman–Crippen MR) is 83.8 cm³/mol. The van der Waals surface area contributed by atoms with Crippen LogP contribution in [0.5, 0.6) is 0 Å². The number of hydrogen-bond acceptors (Lipinski definition) is 6. The van der Waals surface area contributed by atoms with E-state index in [1.807, 2.05) is 0 Å². The summed E-state index contributed by atoms with van der Waals surface area (Å²) in [4.78, 5) is 0.000390. The zero-order valence-corrected chi connectivity index (χ0v) is 13.8. The molecule has 118 valence electrons. The van der Waals surface area contributed by atoms with E-state index >= 15 is 0 Å². The molecule has 1 aliphatic heterocycles. The highest BCUT2D eigenvalue weighted by atomic mass is 32.2. The van der Waals surface area contributed by atoms with Crippen LogP contribution in [0.25, 0.3) is 0 Å². The van der Waals surface area contributed by atoms with Gasteiger partial charge < -0.3 is 0 Å². The Hall–Kier alpha value is -1.26. The van der Waals surface area contributed by atoms with Crippen LogP contribution in [0.2, 0.25) is 0 Å². The minimum atomic E-state index is -3.80. The van der Waals surface area contributed by atoms with Gasteiger partial charge in [0.15, 0.2) is 0 Å². The molecule has 3 N–H and O–H groups in total. The maximum absolute atomic E-state index is 12.7. The van der Waals surface area contributed by atoms with Gasteiger partial charge in [-0.05, 0) is 41.1 Å². The number of sulfonamides is 1. The van der Waals surface area contributed by atoms with Crippen molar-refractivity contribution in [3.8, 4) is 0 Å². The number of fused-ring (bicyclic) bond motifs is 1. The molecule has 1 unspecified atom stereocenters. The Bertz CT molecular complexity index is 903. The Morgan fingerprint density at radius 2 is 1.95 bits per heavy atom. The largest absolute Gasteiger partial charge is 0.297 e. The van der Waals surface area contributed by atoms with E-state index in [2.05, 4.69) is 5.32 Å². The van der Waals surface area contributed by atoms with E-state index in [1.54, 1.807) is 17.5 Å². The molecule has 0 aliphatic carbocycles. The fourth-order valence-electron chi connectivity index (χ4n) is 2.50. The number of thiophene rings is 1. The monoisotopic (exact) mass is 358 g/mol. The Balaban J connectivity index is 2.10.